The maximum absolute atomic E-state index is 12.7. The number of carbonyl (C=O) groups is 1. The van der Waals surface area contributed by atoms with Crippen molar-refractivity contribution in [2.75, 3.05) is 31.1 Å². The van der Waals surface area contributed by atoms with E-state index < -0.39 is 0 Å². The van der Waals surface area contributed by atoms with Crippen LogP contribution < -0.4 is 4.90 Å². The van der Waals surface area contributed by atoms with Gasteiger partial charge < -0.3 is 9.80 Å². The van der Waals surface area contributed by atoms with Crippen LogP contribution in [0.3, 0.4) is 0 Å². The molecule has 0 aliphatic carbocycles. The SMILES string of the molecule is Cc1cccc(CC(=O)N2CCN(c3cc(-n4cnc(C)c4C)ncn3)CC2)c1. The van der Waals surface area contributed by atoms with Gasteiger partial charge in [0.1, 0.15) is 24.3 Å². The number of hydrogen-bond donors (Lipinski definition) is 0. The second kappa shape index (κ2) is 8.03. The topological polar surface area (TPSA) is 67.2 Å². The number of aromatic nitrogens is 4. The maximum atomic E-state index is 12.7. The average molecular weight is 390 g/mol. The van der Waals surface area contributed by atoms with Crippen molar-refractivity contribution in [3.63, 3.8) is 0 Å². The van der Waals surface area contributed by atoms with Crippen LogP contribution >= 0.6 is 0 Å². The lowest BCUT2D eigenvalue weighted by molar-refractivity contribution is -0.130. The molecule has 4 rings (SSSR count). The fourth-order valence-electron chi connectivity index (χ4n) is 3.66. The van der Waals surface area contributed by atoms with Crippen LogP contribution in [0.15, 0.2) is 43.0 Å². The largest absolute Gasteiger partial charge is 0.353 e. The number of rotatable bonds is 4. The van der Waals surface area contributed by atoms with Crippen LogP contribution in [0.5, 0.6) is 0 Å². The molecule has 150 valence electrons. The number of piperazine rings is 1. The summed E-state index contributed by atoms with van der Waals surface area (Å²) in [7, 11) is 0. The molecule has 1 aliphatic heterocycles. The van der Waals surface area contributed by atoms with E-state index in [0.717, 1.165) is 41.7 Å². The Morgan fingerprint density at radius 1 is 0.966 bits per heavy atom. The van der Waals surface area contributed by atoms with Gasteiger partial charge in [-0.2, -0.15) is 0 Å². The van der Waals surface area contributed by atoms with Gasteiger partial charge in [-0.15, -0.1) is 0 Å². The summed E-state index contributed by atoms with van der Waals surface area (Å²) in [5, 5.41) is 0. The van der Waals surface area contributed by atoms with Crippen molar-refractivity contribution >= 4 is 11.7 Å². The Morgan fingerprint density at radius 2 is 1.72 bits per heavy atom. The molecule has 2 aromatic heterocycles. The summed E-state index contributed by atoms with van der Waals surface area (Å²) in [6.07, 6.45) is 3.84. The minimum atomic E-state index is 0.183. The summed E-state index contributed by atoms with van der Waals surface area (Å²) in [6.45, 7) is 9.00. The van der Waals surface area contributed by atoms with Crippen molar-refractivity contribution in [1.82, 2.24) is 24.4 Å². The Bertz CT molecular complexity index is 1020. The highest BCUT2D eigenvalue weighted by Crippen LogP contribution is 2.18. The van der Waals surface area contributed by atoms with Gasteiger partial charge in [0, 0.05) is 37.9 Å². The first kappa shape index (κ1) is 19.1. The molecule has 1 fully saturated rings. The standard InChI is InChI=1S/C22H26N6O/c1-16-5-4-6-19(11-16)12-22(29)27-9-7-26(8-10-27)20-13-21(24-14-23-20)28-15-25-17(2)18(28)3/h4-6,11,13-15H,7-10,12H2,1-3H3. The first-order valence-electron chi connectivity index (χ1n) is 9.92. The molecule has 3 aromatic rings. The van der Waals surface area contributed by atoms with Crippen LogP contribution in [0.2, 0.25) is 0 Å². The van der Waals surface area contributed by atoms with E-state index in [1.54, 1.807) is 12.7 Å². The number of anilines is 1. The van der Waals surface area contributed by atoms with Gasteiger partial charge in [-0.3, -0.25) is 9.36 Å². The number of nitrogens with zero attached hydrogens (tertiary/aromatic N) is 6. The zero-order valence-electron chi connectivity index (χ0n) is 17.2. The van der Waals surface area contributed by atoms with E-state index in [1.165, 1.54) is 5.56 Å². The van der Waals surface area contributed by atoms with Crippen LogP contribution in [0.1, 0.15) is 22.5 Å². The summed E-state index contributed by atoms with van der Waals surface area (Å²) < 4.78 is 1.97. The van der Waals surface area contributed by atoms with Gasteiger partial charge in [0.25, 0.3) is 0 Å². The third-order valence-corrected chi connectivity index (χ3v) is 5.53. The molecule has 3 heterocycles. The molecule has 7 nitrogen and oxygen atoms in total. The number of benzene rings is 1. The zero-order valence-corrected chi connectivity index (χ0v) is 17.2. The minimum absolute atomic E-state index is 0.183. The van der Waals surface area contributed by atoms with Gasteiger partial charge in [0.15, 0.2) is 0 Å². The lowest BCUT2D eigenvalue weighted by Gasteiger charge is -2.35. The third-order valence-electron chi connectivity index (χ3n) is 5.53. The Kier molecular flexibility index (Phi) is 5.29. The van der Waals surface area contributed by atoms with Crippen LogP contribution in [0.4, 0.5) is 5.82 Å². The fourth-order valence-corrected chi connectivity index (χ4v) is 3.66. The second-order valence-electron chi connectivity index (χ2n) is 7.55. The summed E-state index contributed by atoms with van der Waals surface area (Å²) >= 11 is 0. The number of hydrogen-bond acceptors (Lipinski definition) is 5. The summed E-state index contributed by atoms with van der Waals surface area (Å²) in [5.74, 6) is 1.88. The molecule has 1 aromatic carbocycles. The molecule has 0 N–H and O–H groups in total. The first-order chi connectivity index (χ1) is 14.0. The molecule has 29 heavy (non-hydrogen) atoms. The number of carbonyl (C=O) groups excluding carboxylic acids is 1. The summed E-state index contributed by atoms with van der Waals surface area (Å²) in [5.41, 5.74) is 4.32. The van der Waals surface area contributed by atoms with Gasteiger partial charge in [-0.1, -0.05) is 29.8 Å². The van der Waals surface area contributed by atoms with E-state index >= 15 is 0 Å². The Morgan fingerprint density at radius 3 is 2.41 bits per heavy atom. The van der Waals surface area contributed by atoms with E-state index in [4.69, 9.17) is 0 Å². The quantitative estimate of drug-likeness (QED) is 0.685. The molecule has 1 saturated heterocycles. The highest BCUT2D eigenvalue weighted by atomic mass is 16.2. The van der Waals surface area contributed by atoms with E-state index in [-0.39, 0.29) is 5.91 Å². The van der Waals surface area contributed by atoms with Crippen molar-refractivity contribution in [2.45, 2.75) is 27.2 Å². The maximum Gasteiger partial charge on any atom is 0.227 e. The number of imidazole rings is 1. The van der Waals surface area contributed by atoms with Crippen molar-refractivity contribution < 1.29 is 4.79 Å². The van der Waals surface area contributed by atoms with E-state index in [2.05, 4.69) is 38.9 Å². The first-order valence-corrected chi connectivity index (χ1v) is 9.92. The third kappa shape index (κ3) is 4.13. The van der Waals surface area contributed by atoms with Crippen LogP contribution in [-0.4, -0.2) is 56.5 Å². The fraction of sp³-hybridized carbons (Fsp3) is 0.364. The Balaban J connectivity index is 1.40. The highest BCUT2D eigenvalue weighted by molar-refractivity contribution is 5.79. The molecule has 0 bridgehead atoms. The summed E-state index contributed by atoms with van der Waals surface area (Å²) in [4.78, 5) is 30.0. The molecule has 0 atom stereocenters. The van der Waals surface area contributed by atoms with Gasteiger partial charge in [0.05, 0.1) is 12.1 Å². The molecule has 7 heteroatoms. The molecule has 0 saturated carbocycles. The van der Waals surface area contributed by atoms with Crippen molar-refractivity contribution in [2.24, 2.45) is 0 Å². The van der Waals surface area contributed by atoms with Gasteiger partial charge in [0.2, 0.25) is 5.91 Å². The molecule has 0 spiro atoms. The van der Waals surface area contributed by atoms with Gasteiger partial charge in [-0.05, 0) is 26.3 Å². The van der Waals surface area contributed by atoms with Crippen molar-refractivity contribution in [3.8, 4) is 5.82 Å². The molecular weight excluding hydrogens is 364 g/mol. The molecule has 1 aliphatic rings. The molecule has 1 amide bonds. The van der Waals surface area contributed by atoms with E-state index in [9.17, 15) is 4.79 Å². The van der Waals surface area contributed by atoms with E-state index in [1.807, 2.05) is 41.5 Å². The average Bonchev–Trinajstić information content (AvgIpc) is 3.07. The molecular formula is C22H26N6O. The zero-order chi connectivity index (χ0) is 20.4. The molecule has 0 radical (unpaired) electrons. The Hall–Kier alpha value is -3.22. The smallest absolute Gasteiger partial charge is 0.227 e. The minimum Gasteiger partial charge on any atom is -0.353 e. The monoisotopic (exact) mass is 390 g/mol. The van der Waals surface area contributed by atoms with Crippen molar-refractivity contribution in [3.05, 3.63) is 65.5 Å². The van der Waals surface area contributed by atoms with Crippen LogP contribution in [0, 0.1) is 20.8 Å². The lowest BCUT2D eigenvalue weighted by atomic mass is 10.1. The molecule has 0 unspecified atom stereocenters. The highest BCUT2D eigenvalue weighted by Gasteiger charge is 2.22. The number of aryl methyl sites for hydroxylation is 2. The number of amides is 1. The lowest BCUT2D eigenvalue weighted by Crippen LogP contribution is -2.49. The predicted octanol–water partition coefficient (Wildman–Crippen LogP) is 2.48. The second-order valence-corrected chi connectivity index (χ2v) is 7.55. The normalized spacial score (nSPS) is 14.3. The van der Waals surface area contributed by atoms with Crippen molar-refractivity contribution in [1.29, 1.82) is 0 Å². The van der Waals surface area contributed by atoms with Crippen LogP contribution in [-0.2, 0) is 11.2 Å². The predicted molar refractivity (Wildman–Crippen MR) is 112 cm³/mol. The van der Waals surface area contributed by atoms with Crippen LogP contribution in [0.25, 0.3) is 5.82 Å². The van der Waals surface area contributed by atoms with Gasteiger partial charge in [-0.25, -0.2) is 15.0 Å². The van der Waals surface area contributed by atoms with Gasteiger partial charge >= 0.3 is 0 Å². The summed E-state index contributed by atoms with van der Waals surface area (Å²) in [6, 6.07) is 10.1. The Labute approximate surface area is 171 Å². The van der Waals surface area contributed by atoms with E-state index in [0.29, 0.717) is 19.5 Å².